The molecule has 0 aliphatic rings. The quantitative estimate of drug-likeness (QED) is 0.549. The number of carbonyl (C=O) groups excluding carboxylic acids is 2. The van der Waals surface area contributed by atoms with E-state index in [2.05, 4.69) is 11.4 Å². The molecule has 29 heavy (non-hydrogen) atoms. The molecule has 146 valence electrons. The van der Waals surface area contributed by atoms with Gasteiger partial charge < -0.3 is 10.1 Å². The fourth-order valence-corrected chi connectivity index (χ4v) is 3.54. The summed E-state index contributed by atoms with van der Waals surface area (Å²) in [5, 5.41) is 11.9. The Labute approximate surface area is 173 Å². The third-order valence-electron chi connectivity index (χ3n) is 4.38. The van der Waals surface area contributed by atoms with Gasteiger partial charge in [0, 0.05) is 22.5 Å². The fourth-order valence-electron chi connectivity index (χ4n) is 2.74. The molecule has 0 atom stereocenters. The van der Waals surface area contributed by atoms with Crippen LogP contribution in [0.2, 0.25) is 0 Å². The van der Waals surface area contributed by atoms with Gasteiger partial charge in [0.25, 0.3) is 5.91 Å². The second-order valence-corrected chi connectivity index (χ2v) is 7.53. The molecule has 0 saturated heterocycles. The van der Waals surface area contributed by atoms with E-state index < -0.39 is 0 Å². The average Bonchev–Trinajstić information content (AvgIpc) is 3.23. The van der Waals surface area contributed by atoms with E-state index in [1.165, 1.54) is 11.3 Å². The highest BCUT2D eigenvalue weighted by Gasteiger charge is 2.10. The molecule has 0 fully saturated rings. The summed E-state index contributed by atoms with van der Waals surface area (Å²) >= 11 is 1.41. The highest BCUT2D eigenvalue weighted by molar-refractivity contribution is 7.16. The van der Waals surface area contributed by atoms with E-state index in [1.54, 1.807) is 30.3 Å². The molecule has 1 N–H and O–H groups in total. The van der Waals surface area contributed by atoms with Crippen molar-refractivity contribution in [2.75, 3.05) is 11.9 Å². The van der Waals surface area contributed by atoms with Gasteiger partial charge in [0.05, 0.1) is 0 Å². The normalized spacial score (nSPS) is 10.2. The van der Waals surface area contributed by atoms with Crippen LogP contribution in [0.4, 0.5) is 5.69 Å². The molecule has 0 bridgehead atoms. The van der Waals surface area contributed by atoms with Crippen LogP contribution in [-0.2, 0) is 4.79 Å². The number of ketones is 1. The summed E-state index contributed by atoms with van der Waals surface area (Å²) in [6.45, 7) is 3.59. The largest absolute Gasteiger partial charge is 0.484 e. The standard InChI is InChI=1S/C23H20N2O3S/c1-3-21(26)16-6-8-18(9-7-16)28-14-23(27)25-20-12-17(5-4-15(20)2)22-11-10-19(13-24)29-22/h4-12H,3,14H2,1-2H3,(H,25,27). The average molecular weight is 404 g/mol. The van der Waals surface area contributed by atoms with Gasteiger partial charge in [-0.15, -0.1) is 11.3 Å². The van der Waals surface area contributed by atoms with Gasteiger partial charge in [-0.3, -0.25) is 9.59 Å². The number of nitrogens with one attached hydrogen (secondary N) is 1. The van der Waals surface area contributed by atoms with Crippen LogP contribution in [-0.4, -0.2) is 18.3 Å². The van der Waals surface area contributed by atoms with E-state index >= 15 is 0 Å². The predicted octanol–water partition coefficient (Wildman–Crippen LogP) is 5.21. The van der Waals surface area contributed by atoms with Gasteiger partial charge in [0.2, 0.25) is 0 Å². The SMILES string of the molecule is CCC(=O)c1ccc(OCC(=O)Nc2cc(-c3ccc(C#N)s3)ccc2C)cc1. The first kappa shape index (κ1) is 20.3. The van der Waals surface area contributed by atoms with Gasteiger partial charge in [0.1, 0.15) is 16.7 Å². The van der Waals surface area contributed by atoms with Gasteiger partial charge in [-0.1, -0.05) is 19.1 Å². The van der Waals surface area contributed by atoms with E-state index in [-0.39, 0.29) is 18.3 Å². The smallest absolute Gasteiger partial charge is 0.262 e. The summed E-state index contributed by atoms with van der Waals surface area (Å²) in [5.41, 5.74) is 3.20. The highest BCUT2D eigenvalue weighted by Crippen LogP contribution is 2.31. The number of carbonyl (C=O) groups is 2. The number of ether oxygens (including phenoxy) is 1. The minimum Gasteiger partial charge on any atom is -0.484 e. The molecular formula is C23H20N2O3S. The van der Waals surface area contributed by atoms with E-state index in [9.17, 15) is 9.59 Å². The number of Topliss-reactive ketones (excluding diaryl/α,β-unsaturated/α-hetero) is 1. The minimum atomic E-state index is -0.275. The number of hydrogen-bond acceptors (Lipinski definition) is 5. The van der Waals surface area contributed by atoms with Crippen molar-refractivity contribution in [3.63, 3.8) is 0 Å². The van der Waals surface area contributed by atoms with Crippen LogP contribution in [0.25, 0.3) is 10.4 Å². The topological polar surface area (TPSA) is 79.2 Å². The molecule has 0 radical (unpaired) electrons. The highest BCUT2D eigenvalue weighted by atomic mass is 32.1. The molecule has 0 unspecified atom stereocenters. The Morgan fingerprint density at radius 2 is 1.86 bits per heavy atom. The molecule has 3 rings (SSSR count). The number of amides is 1. The predicted molar refractivity (Wildman–Crippen MR) is 114 cm³/mol. The molecular weight excluding hydrogens is 384 g/mol. The van der Waals surface area contributed by atoms with Crippen LogP contribution in [0.1, 0.15) is 34.1 Å². The fraction of sp³-hybridized carbons (Fsp3) is 0.174. The van der Waals surface area contributed by atoms with Gasteiger partial charge in [0.15, 0.2) is 12.4 Å². The van der Waals surface area contributed by atoms with Gasteiger partial charge >= 0.3 is 0 Å². The summed E-state index contributed by atoms with van der Waals surface area (Å²) in [7, 11) is 0. The van der Waals surface area contributed by atoms with E-state index in [1.807, 2.05) is 38.1 Å². The van der Waals surface area contributed by atoms with Crippen molar-refractivity contribution in [1.29, 1.82) is 5.26 Å². The second-order valence-electron chi connectivity index (χ2n) is 6.44. The maximum absolute atomic E-state index is 12.3. The molecule has 0 spiro atoms. The van der Waals surface area contributed by atoms with Crippen molar-refractivity contribution in [3.05, 3.63) is 70.6 Å². The Hall–Kier alpha value is -3.43. The Morgan fingerprint density at radius 1 is 1.10 bits per heavy atom. The molecule has 1 amide bonds. The summed E-state index contributed by atoms with van der Waals surface area (Å²) in [4.78, 5) is 25.6. The number of rotatable bonds is 7. The number of anilines is 1. The first-order chi connectivity index (χ1) is 14.0. The second kappa shape index (κ2) is 9.18. The Bertz CT molecular complexity index is 1080. The molecule has 3 aromatic rings. The number of nitriles is 1. The zero-order valence-corrected chi connectivity index (χ0v) is 17.0. The summed E-state index contributed by atoms with van der Waals surface area (Å²) in [6, 6.07) is 18.4. The van der Waals surface area contributed by atoms with Crippen molar-refractivity contribution in [2.45, 2.75) is 20.3 Å². The van der Waals surface area contributed by atoms with Crippen molar-refractivity contribution in [3.8, 4) is 22.3 Å². The van der Waals surface area contributed by atoms with Gasteiger partial charge in [-0.05, 0) is 60.5 Å². The first-order valence-corrected chi connectivity index (χ1v) is 9.98. The van der Waals surface area contributed by atoms with Crippen LogP contribution in [0.5, 0.6) is 5.75 Å². The molecule has 0 aliphatic carbocycles. The van der Waals surface area contributed by atoms with Crippen molar-refractivity contribution in [1.82, 2.24) is 0 Å². The van der Waals surface area contributed by atoms with E-state index in [0.717, 1.165) is 16.0 Å². The first-order valence-electron chi connectivity index (χ1n) is 9.17. The van der Waals surface area contributed by atoms with E-state index in [0.29, 0.717) is 28.3 Å². The maximum atomic E-state index is 12.3. The number of hydrogen-bond donors (Lipinski definition) is 1. The third kappa shape index (κ3) is 5.09. The van der Waals surface area contributed by atoms with Crippen LogP contribution in [0.15, 0.2) is 54.6 Å². The lowest BCUT2D eigenvalue weighted by atomic mass is 10.1. The van der Waals surface area contributed by atoms with Crippen molar-refractivity contribution >= 4 is 28.7 Å². The monoisotopic (exact) mass is 404 g/mol. The maximum Gasteiger partial charge on any atom is 0.262 e. The lowest BCUT2D eigenvalue weighted by Gasteiger charge is -2.11. The van der Waals surface area contributed by atoms with Crippen LogP contribution < -0.4 is 10.1 Å². The van der Waals surface area contributed by atoms with Crippen molar-refractivity contribution < 1.29 is 14.3 Å². The molecule has 2 aromatic carbocycles. The Morgan fingerprint density at radius 3 is 2.52 bits per heavy atom. The third-order valence-corrected chi connectivity index (χ3v) is 5.42. The summed E-state index contributed by atoms with van der Waals surface area (Å²) in [5.74, 6) is 0.320. The number of thiophene rings is 1. The van der Waals surface area contributed by atoms with Crippen LogP contribution in [0, 0.1) is 18.3 Å². The zero-order chi connectivity index (χ0) is 20.8. The van der Waals surface area contributed by atoms with Gasteiger partial charge in [-0.25, -0.2) is 0 Å². The molecule has 6 heteroatoms. The minimum absolute atomic E-state index is 0.0669. The Kier molecular flexibility index (Phi) is 6.43. The number of nitrogens with zero attached hydrogens (tertiary/aromatic N) is 1. The lowest BCUT2D eigenvalue weighted by Crippen LogP contribution is -2.20. The molecule has 0 aliphatic heterocycles. The lowest BCUT2D eigenvalue weighted by molar-refractivity contribution is -0.118. The summed E-state index contributed by atoms with van der Waals surface area (Å²) in [6.07, 6.45) is 0.449. The van der Waals surface area contributed by atoms with Crippen LogP contribution in [0.3, 0.4) is 0 Å². The van der Waals surface area contributed by atoms with Crippen molar-refractivity contribution in [2.24, 2.45) is 0 Å². The molecule has 1 aromatic heterocycles. The Balaban J connectivity index is 1.63. The van der Waals surface area contributed by atoms with Crippen LogP contribution >= 0.6 is 11.3 Å². The zero-order valence-electron chi connectivity index (χ0n) is 16.2. The van der Waals surface area contributed by atoms with Gasteiger partial charge in [-0.2, -0.15) is 5.26 Å². The molecule has 1 heterocycles. The molecule has 0 saturated carbocycles. The summed E-state index contributed by atoms with van der Waals surface area (Å²) < 4.78 is 5.52. The van der Waals surface area contributed by atoms with E-state index in [4.69, 9.17) is 10.00 Å². The molecule has 5 nitrogen and oxygen atoms in total. The number of aryl methyl sites for hydroxylation is 1. The number of benzene rings is 2.